The molecule has 2 aliphatic rings. The van der Waals surface area contributed by atoms with Crippen molar-refractivity contribution < 1.29 is 8.42 Å². The monoisotopic (exact) mass is 328 g/mol. The fourth-order valence-electron chi connectivity index (χ4n) is 4.05. The Morgan fingerprint density at radius 1 is 1.33 bits per heavy atom. The van der Waals surface area contributed by atoms with E-state index in [0.29, 0.717) is 23.9 Å². The van der Waals surface area contributed by atoms with E-state index < -0.39 is 10.0 Å². The number of rotatable bonds is 6. The van der Waals surface area contributed by atoms with Crippen molar-refractivity contribution >= 4 is 21.4 Å². The summed E-state index contributed by atoms with van der Waals surface area (Å²) in [6.07, 6.45) is 5.16. The van der Waals surface area contributed by atoms with Crippen molar-refractivity contribution in [1.29, 1.82) is 0 Å². The van der Waals surface area contributed by atoms with Crippen molar-refractivity contribution in [1.82, 2.24) is 10.0 Å². The van der Waals surface area contributed by atoms with Gasteiger partial charge in [0.2, 0.25) is 10.0 Å². The number of sulfonamides is 1. The molecule has 2 N–H and O–H groups in total. The summed E-state index contributed by atoms with van der Waals surface area (Å²) in [5.41, 5.74) is 0.852. The van der Waals surface area contributed by atoms with Gasteiger partial charge in [-0.2, -0.15) is 0 Å². The van der Waals surface area contributed by atoms with Gasteiger partial charge in [-0.1, -0.05) is 6.42 Å². The topological polar surface area (TPSA) is 58.2 Å². The SMILES string of the molecule is CNCc1scc(C)c1S(=O)(=O)NCC1CC2CCC1C2. The summed E-state index contributed by atoms with van der Waals surface area (Å²) < 4.78 is 28.2. The minimum Gasteiger partial charge on any atom is -0.315 e. The second-order valence-electron chi connectivity index (χ2n) is 6.49. The Kier molecular flexibility index (Phi) is 4.41. The summed E-state index contributed by atoms with van der Waals surface area (Å²) in [6.45, 7) is 3.09. The molecule has 21 heavy (non-hydrogen) atoms. The summed E-state index contributed by atoms with van der Waals surface area (Å²) in [5, 5.41) is 4.98. The van der Waals surface area contributed by atoms with E-state index >= 15 is 0 Å². The molecule has 2 bridgehead atoms. The van der Waals surface area contributed by atoms with Crippen molar-refractivity contribution in [3.63, 3.8) is 0 Å². The molecule has 118 valence electrons. The average Bonchev–Trinajstić information content (AvgIpc) is 3.12. The molecule has 1 heterocycles. The molecule has 1 aromatic heterocycles. The molecule has 0 amide bonds. The maximum atomic E-state index is 12.6. The van der Waals surface area contributed by atoms with E-state index in [1.54, 1.807) is 0 Å². The van der Waals surface area contributed by atoms with Crippen LogP contribution < -0.4 is 10.0 Å². The fourth-order valence-corrected chi connectivity index (χ4v) is 6.96. The number of hydrogen-bond donors (Lipinski definition) is 2. The zero-order valence-electron chi connectivity index (χ0n) is 12.7. The maximum Gasteiger partial charge on any atom is 0.241 e. The zero-order chi connectivity index (χ0) is 15.0. The van der Waals surface area contributed by atoms with Crippen LogP contribution in [0.2, 0.25) is 0 Å². The molecule has 1 aromatic rings. The Bertz CT molecular complexity index is 609. The van der Waals surface area contributed by atoms with Crippen LogP contribution in [0.3, 0.4) is 0 Å². The lowest BCUT2D eigenvalue weighted by molar-refractivity contribution is 0.333. The number of fused-ring (bicyclic) bond motifs is 2. The number of hydrogen-bond acceptors (Lipinski definition) is 4. The van der Waals surface area contributed by atoms with Crippen molar-refractivity contribution in [2.24, 2.45) is 17.8 Å². The van der Waals surface area contributed by atoms with Gasteiger partial charge in [0.05, 0.1) is 0 Å². The third-order valence-electron chi connectivity index (χ3n) is 5.02. The van der Waals surface area contributed by atoms with Crippen LogP contribution in [0.15, 0.2) is 10.3 Å². The molecule has 3 unspecified atom stereocenters. The second-order valence-corrected chi connectivity index (χ2v) is 9.16. The first-order valence-electron chi connectivity index (χ1n) is 7.72. The third kappa shape index (κ3) is 3.04. The van der Waals surface area contributed by atoms with E-state index in [-0.39, 0.29) is 0 Å². The Labute approximate surface area is 131 Å². The standard InChI is InChI=1S/C15H24N2O2S2/c1-10-9-20-14(8-16-2)15(10)21(18,19)17-7-13-6-11-3-4-12(13)5-11/h9,11-13,16-17H,3-8H2,1-2H3. The highest BCUT2D eigenvalue weighted by Crippen LogP contribution is 2.48. The van der Waals surface area contributed by atoms with Gasteiger partial charge in [0.15, 0.2) is 0 Å². The first-order chi connectivity index (χ1) is 10.0. The first-order valence-corrected chi connectivity index (χ1v) is 10.1. The molecule has 2 aliphatic carbocycles. The molecular weight excluding hydrogens is 304 g/mol. The first kappa shape index (κ1) is 15.5. The lowest BCUT2D eigenvalue weighted by atomic mass is 9.89. The molecule has 0 aromatic carbocycles. The molecule has 0 saturated heterocycles. The summed E-state index contributed by atoms with van der Waals surface area (Å²) in [6, 6.07) is 0. The summed E-state index contributed by atoms with van der Waals surface area (Å²) >= 11 is 1.52. The van der Waals surface area contributed by atoms with E-state index in [9.17, 15) is 8.42 Å². The van der Waals surface area contributed by atoms with E-state index in [0.717, 1.165) is 22.3 Å². The Balaban J connectivity index is 1.70. The molecule has 6 heteroatoms. The maximum absolute atomic E-state index is 12.6. The smallest absolute Gasteiger partial charge is 0.241 e. The van der Waals surface area contributed by atoms with Crippen LogP contribution in [0.25, 0.3) is 0 Å². The predicted molar refractivity (Wildman–Crippen MR) is 85.9 cm³/mol. The minimum atomic E-state index is -3.38. The third-order valence-corrected chi connectivity index (χ3v) is 7.90. The molecule has 3 rings (SSSR count). The molecule has 0 radical (unpaired) electrons. The van der Waals surface area contributed by atoms with E-state index in [4.69, 9.17) is 0 Å². The lowest BCUT2D eigenvalue weighted by Gasteiger charge is -2.22. The van der Waals surface area contributed by atoms with Gasteiger partial charge in [0.1, 0.15) is 4.90 Å². The van der Waals surface area contributed by atoms with Gasteiger partial charge in [-0.3, -0.25) is 0 Å². The van der Waals surface area contributed by atoms with E-state index in [1.807, 2.05) is 19.4 Å². The second kappa shape index (κ2) is 5.99. The van der Waals surface area contributed by atoms with Crippen LogP contribution >= 0.6 is 11.3 Å². The number of aryl methyl sites for hydroxylation is 1. The fraction of sp³-hybridized carbons (Fsp3) is 0.733. The molecule has 3 atom stereocenters. The van der Waals surface area contributed by atoms with Gasteiger partial charge in [-0.25, -0.2) is 13.1 Å². The van der Waals surface area contributed by atoms with Crippen LogP contribution in [-0.2, 0) is 16.6 Å². The molecule has 4 nitrogen and oxygen atoms in total. The molecular formula is C15H24N2O2S2. The quantitative estimate of drug-likeness (QED) is 0.843. The molecule has 0 spiro atoms. The van der Waals surface area contributed by atoms with Gasteiger partial charge >= 0.3 is 0 Å². The van der Waals surface area contributed by atoms with Gasteiger partial charge in [-0.15, -0.1) is 11.3 Å². The van der Waals surface area contributed by atoms with Crippen molar-refractivity contribution in [3.8, 4) is 0 Å². The highest BCUT2D eigenvalue weighted by Gasteiger charge is 2.39. The largest absolute Gasteiger partial charge is 0.315 e. The molecule has 2 saturated carbocycles. The lowest BCUT2D eigenvalue weighted by Crippen LogP contribution is -2.32. The van der Waals surface area contributed by atoms with Crippen molar-refractivity contribution in [3.05, 3.63) is 15.8 Å². The highest BCUT2D eigenvalue weighted by molar-refractivity contribution is 7.89. The Morgan fingerprint density at radius 2 is 2.14 bits per heavy atom. The predicted octanol–water partition coefficient (Wildman–Crippen LogP) is 2.49. The van der Waals surface area contributed by atoms with Crippen LogP contribution in [-0.4, -0.2) is 22.0 Å². The van der Waals surface area contributed by atoms with Gasteiger partial charge in [0, 0.05) is 18.0 Å². The van der Waals surface area contributed by atoms with Crippen LogP contribution in [0.5, 0.6) is 0 Å². The number of thiophene rings is 1. The normalized spacial score (nSPS) is 28.4. The minimum absolute atomic E-state index is 0.491. The average molecular weight is 329 g/mol. The van der Waals surface area contributed by atoms with Crippen LogP contribution in [0.1, 0.15) is 36.1 Å². The zero-order valence-corrected chi connectivity index (χ0v) is 14.3. The number of nitrogens with one attached hydrogen (secondary N) is 2. The molecule has 0 aliphatic heterocycles. The Hall–Kier alpha value is -0.430. The van der Waals surface area contributed by atoms with Crippen molar-refractivity contribution in [2.75, 3.05) is 13.6 Å². The van der Waals surface area contributed by atoms with E-state index in [2.05, 4.69) is 10.0 Å². The highest BCUT2D eigenvalue weighted by atomic mass is 32.2. The summed E-state index contributed by atoms with van der Waals surface area (Å²) in [7, 11) is -1.54. The Morgan fingerprint density at radius 3 is 2.76 bits per heavy atom. The summed E-state index contributed by atoms with van der Waals surface area (Å²) in [5.74, 6) is 2.15. The van der Waals surface area contributed by atoms with Crippen LogP contribution in [0, 0.1) is 24.7 Å². The van der Waals surface area contributed by atoms with Gasteiger partial charge in [-0.05, 0) is 61.9 Å². The van der Waals surface area contributed by atoms with Crippen molar-refractivity contribution in [2.45, 2.75) is 44.0 Å². The van der Waals surface area contributed by atoms with Gasteiger partial charge < -0.3 is 5.32 Å². The van der Waals surface area contributed by atoms with Crippen LogP contribution in [0.4, 0.5) is 0 Å². The molecule has 2 fully saturated rings. The van der Waals surface area contributed by atoms with Gasteiger partial charge in [0.25, 0.3) is 0 Å². The summed E-state index contributed by atoms with van der Waals surface area (Å²) in [4.78, 5) is 1.39. The van der Waals surface area contributed by atoms with E-state index in [1.165, 1.54) is 37.0 Å².